The Morgan fingerprint density at radius 2 is 1.50 bits per heavy atom. The molecule has 0 radical (unpaired) electrons. The van der Waals surface area contributed by atoms with Gasteiger partial charge in [0.05, 0.1) is 16.1 Å². The molecule has 0 N–H and O–H groups in total. The van der Waals surface area contributed by atoms with Crippen LogP contribution in [0.5, 0.6) is 0 Å². The number of hydrogen-bond acceptors (Lipinski definition) is 2. The highest BCUT2D eigenvalue weighted by atomic mass is 35.5. The van der Waals surface area contributed by atoms with E-state index in [-0.39, 0.29) is 5.91 Å². The molecule has 0 fully saturated rings. The van der Waals surface area contributed by atoms with Crippen molar-refractivity contribution in [2.45, 2.75) is 0 Å². The second kappa shape index (κ2) is 5.95. The van der Waals surface area contributed by atoms with Gasteiger partial charge in [-0.2, -0.15) is 0 Å². The fourth-order valence-corrected chi connectivity index (χ4v) is 2.98. The molecule has 3 nitrogen and oxygen atoms in total. The molecule has 0 atom stereocenters. The first-order valence-corrected chi connectivity index (χ1v) is 7.95. The van der Waals surface area contributed by atoms with Crippen LogP contribution < -0.4 is 0 Å². The molecule has 0 saturated heterocycles. The third-order valence-electron chi connectivity index (χ3n) is 3.90. The van der Waals surface area contributed by atoms with Crippen LogP contribution in [-0.4, -0.2) is 15.5 Å². The molecule has 3 aromatic carbocycles. The first-order chi connectivity index (χ1) is 11.8. The first-order valence-electron chi connectivity index (χ1n) is 7.58. The van der Waals surface area contributed by atoms with E-state index in [2.05, 4.69) is 4.98 Å². The predicted molar refractivity (Wildman–Crippen MR) is 96.3 cm³/mol. The first kappa shape index (κ1) is 14.7. The van der Waals surface area contributed by atoms with E-state index in [4.69, 9.17) is 11.6 Å². The Kier molecular flexibility index (Phi) is 3.63. The van der Waals surface area contributed by atoms with E-state index in [1.54, 1.807) is 22.8 Å². The molecule has 4 heteroatoms. The zero-order valence-corrected chi connectivity index (χ0v) is 13.4. The van der Waals surface area contributed by atoms with Crippen molar-refractivity contribution < 1.29 is 4.79 Å². The highest BCUT2D eigenvalue weighted by Gasteiger charge is 2.20. The van der Waals surface area contributed by atoms with Crippen molar-refractivity contribution in [1.82, 2.24) is 9.55 Å². The summed E-state index contributed by atoms with van der Waals surface area (Å²) in [7, 11) is 0. The number of carbonyl (C=O) groups excluding carboxylic acids is 1. The molecule has 0 spiro atoms. The molecule has 24 heavy (non-hydrogen) atoms. The maximum absolute atomic E-state index is 13.1. The molecule has 0 aliphatic rings. The number of para-hydroxylation sites is 2. The number of nitrogens with zero attached hydrogens (tertiary/aromatic N) is 2. The molecule has 4 aromatic rings. The fraction of sp³-hybridized carbons (Fsp3) is 0. The van der Waals surface area contributed by atoms with Gasteiger partial charge in [-0.25, -0.2) is 4.98 Å². The summed E-state index contributed by atoms with van der Waals surface area (Å²) in [5, 5.41) is 0.565. The monoisotopic (exact) mass is 332 g/mol. The minimum Gasteiger partial charge on any atom is -0.268 e. The van der Waals surface area contributed by atoms with Gasteiger partial charge >= 0.3 is 0 Å². The second-order valence-electron chi connectivity index (χ2n) is 5.41. The number of fused-ring (bicyclic) bond motifs is 1. The molecular weight excluding hydrogens is 320 g/mol. The lowest BCUT2D eigenvalue weighted by Crippen LogP contribution is -2.13. The summed E-state index contributed by atoms with van der Waals surface area (Å²) in [6, 6.07) is 24.2. The van der Waals surface area contributed by atoms with Gasteiger partial charge < -0.3 is 0 Å². The Bertz CT molecular complexity index is 1040. The van der Waals surface area contributed by atoms with Crippen LogP contribution in [0.1, 0.15) is 10.4 Å². The van der Waals surface area contributed by atoms with E-state index < -0.39 is 0 Å². The molecular formula is C20H13ClN2O. The molecule has 116 valence electrons. The largest absolute Gasteiger partial charge is 0.268 e. The number of benzene rings is 3. The van der Waals surface area contributed by atoms with Crippen molar-refractivity contribution in [2.24, 2.45) is 0 Å². The molecule has 0 unspecified atom stereocenters. The Labute approximate surface area is 144 Å². The molecule has 1 heterocycles. The van der Waals surface area contributed by atoms with E-state index in [0.29, 0.717) is 16.4 Å². The van der Waals surface area contributed by atoms with Gasteiger partial charge in [0.2, 0.25) is 0 Å². The van der Waals surface area contributed by atoms with Crippen molar-refractivity contribution in [1.29, 1.82) is 0 Å². The average Bonchev–Trinajstić information content (AvgIpc) is 3.01. The van der Waals surface area contributed by atoms with Crippen molar-refractivity contribution in [3.63, 3.8) is 0 Å². The molecule has 0 amide bonds. The molecule has 0 bridgehead atoms. The average molecular weight is 333 g/mol. The quantitative estimate of drug-likeness (QED) is 0.515. The molecule has 4 rings (SSSR count). The van der Waals surface area contributed by atoms with Crippen molar-refractivity contribution in [3.8, 4) is 11.4 Å². The van der Waals surface area contributed by atoms with Gasteiger partial charge in [0.1, 0.15) is 5.82 Å². The van der Waals surface area contributed by atoms with Gasteiger partial charge in [-0.15, -0.1) is 0 Å². The fourth-order valence-electron chi connectivity index (χ4n) is 2.76. The maximum Gasteiger partial charge on any atom is 0.264 e. The van der Waals surface area contributed by atoms with Crippen LogP contribution in [0.3, 0.4) is 0 Å². The SMILES string of the molecule is O=C(c1ccccc1)n1c(-c2ccccc2Cl)nc2ccccc21. The summed E-state index contributed by atoms with van der Waals surface area (Å²) < 4.78 is 1.63. The van der Waals surface area contributed by atoms with Crippen LogP contribution in [0.15, 0.2) is 78.9 Å². The number of aromatic nitrogens is 2. The summed E-state index contributed by atoms with van der Waals surface area (Å²) in [6.07, 6.45) is 0. The normalized spacial score (nSPS) is 10.9. The summed E-state index contributed by atoms with van der Waals surface area (Å²) in [6.45, 7) is 0. The minimum atomic E-state index is -0.126. The summed E-state index contributed by atoms with van der Waals surface area (Å²) in [5.41, 5.74) is 2.87. The summed E-state index contributed by atoms with van der Waals surface area (Å²) in [4.78, 5) is 17.8. The van der Waals surface area contributed by atoms with E-state index in [9.17, 15) is 4.79 Å². The lowest BCUT2D eigenvalue weighted by atomic mass is 10.2. The maximum atomic E-state index is 13.1. The van der Waals surface area contributed by atoms with Crippen LogP contribution in [0, 0.1) is 0 Å². The Morgan fingerprint density at radius 1 is 0.833 bits per heavy atom. The summed E-state index contributed by atoms with van der Waals surface area (Å²) in [5.74, 6) is 0.426. The van der Waals surface area contributed by atoms with Crippen LogP contribution >= 0.6 is 11.6 Å². The number of rotatable bonds is 2. The third kappa shape index (κ3) is 2.39. The summed E-state index contributed by atoms with van der Waals surface area (Å²) >= 11 is 6.34. The van der Waals surface area contributed by atoms with Gasteiger partial charge in [-0.05, 0) is 36.4 Å². The van der Waals surface area contributed by atoms with Gasteiger partial charge in [0, 0.05) is 11.1 Å². The van der Waals surface area contributed by atoms with E-state index in [1.165, 1.54) is 0 Å². The van der Waals surface area contributed by atoms with Gasteiger partial charge in [-0.1, -0.05) is 54.1 Å². The Morgan fingerprint density at radius 3 is 2.29 bits per heavy atom. The van der Waals surface area contributed by atoms with Crippen LogP contribution in [-0.2, 0) is 0 Å². The van der Waals surface area contributed by atoms with Crippen LogP contribution in [0.25, 0.3) is 22.4 Å². The van der Waals surface area contributed by atoms with Gasteiger partial charge in [0.25, 0.3) is 5.91 Å². The number of imidazole rings is 1. The topological polar surface area (TPSA) is 34.9 Å². The second-order valence-corrected chi connectivity index (χ2v) is 5.82. The van der Waals surface area contributed by atoms with Crippen molar-refractivity contribution in [2.75, 3.05) is 0 Å². The van der Waals surface area contributed by atoms with Crippen LogP contribution in [0.2, 0.25) is 5.02 Å². The molecule has 1 aromatic heterocycles. The Hall–Kier alpha value is -2.91. The van der Waals surface area contributed by atoms with Gasteiger partial charge in [0.15, 0.2) is 0 Å². The Balaban J connectivity index is 2.01. The van der Waals surface area contributed by atoms with E-state index >= 15 is 0 Å². The standard InChI is InChI=1S/C20H13ClN2O/c21-16-11-5-4-10-15(16)19-22-17-12-6-7-13-18(17)23(19)20(24)14-8-2-1-3-9-14/h1-13H. The predicted octanol–water partition coefficient (Wildman–Crippen LogP) is 5.05. The lowest BCUT2D eigenvalue weighted by molar-refractivity contribution is 0.0966. The van der Waals surface area contributed by atoms with Crippen molar-refractivity contribution >= 4 is 28.5 Å². The minimum absolute atomic E-state index is 0.126. The number of hydrogen-bond donors (Lipinski definition) is 0. The highest BCUT2D eigenvalue weighted by Crippen LogP contribution is 2.30. The van der Waals surface area contributed by atoms with E-state index in [0.717, 1.165) is 16.6 Å². The van der Waals surface area contributed by atoms with Crippen LogP contribution in [0.4, 0.5) is 0 Å². The van der Waals surface area contributed by atoms with E-state index in [1.807, 2.05) is 60.7 Å². The smallest absolute Gasteiger partial charge is 0.264 e. The molecule has 0 aliphatic carbocycles. The number of carbonyl (C=O) groups is 1. The highest BCUT2D eigenvalue weighted by molar-refractivity contribution is 6.33. The van der Waals surface area contributed by atoms with Gasteiger partial charge in [-0.3, -0.25) is 9.36 Å². The lowest BCUT2D eigenvalue weighted by Gasteiger charge is -2.09. The zero-order chi connectivity index (χ0) is 16.5. The molecule has 0 aliphatic heterocycles. The third-order valence-corrected chi connectivity index (χ3v) is 4.23. The van der Waals surface area contributed by atoms with Crippen molar-refractivity contribution in [3.05, 3.63) is 89.4 Å². The molecule has 0 saturated carbocycles. The zero-order valence-electron chi connectivity index (χ0n) is 12.7. The number of halogens is 1.